The maximum absolute atomic E-state index is 12.2. The molecule has 0 aliphatic heterocycles. The largest absolute Gasteiger partial charge is 0.491 e. The van der Waals surface area contributed by atoms with Crippen LogP contribution in [0.4, 0.5) is 5.82 Å². The van der Waals surface area contributed by atoms with Crippen molar-refractivity contribution in [3.8, 4) is 17.2 Å². The summed E-state index contributed by atoms with van der Waals surface area (Å²) in [5.41, 5.74) is 1.83. The van der Waals surface area contributed by atoms with E-state index in [1.54, 1.807) is 32.2 Å². The Morgan fingerprint density at radius 1 is 0.786 bits per heavy atom. The highest BCUT2D eigenvalue weighted by atomic mass is 16.5. The van der Waals surface area contributed by atoms with Crippen LogP contribution in [-0.4, -0.2) is 46.6 Å². The second-order valence-electron chi connectivity index (χ2n) is 9.93. The standard InChI is InChI=1S/C32H38N4O6/c1-23-30(35(2)32(39)36(3)31(23)38)34-17-16-33-19-26(37)22-40-27-14-15-28(41-20-24-10-6-4-7-11-24)29(18-27)42-21-25-12-8-5-9-13-25/h4-15,18,26,33-34,37H,16-17,19-22H2,1-3H3. The third kappa shape index (κ3) is 8.25. The molecule has 1 aromatic heterocycles. The van der Waals surface area contributed by atoms with Crippen molar-refractivity contribution in [3.63, 3.8) is 0 Å². The third-order valence-corrected chi connectivity index (χ3v) is 6.70. The molecule has 0 radical (unpaired) electrons. The lowest BCUT2D eigenvalue weighted by atomic mass is 10.2. The molecule has 4 aromatic rings. The molecule has 10 nitrogen and oxygen atoms in total. The van der Waals surface area contributed by atoms with Gasteiger partial charge in [-0.1, -0.05) is 60.7 Å². The number of nitrogens with one attached hydrogen (secondary N) is 2. The van der Waals surface area contributed by atoms with Crippen molar-refractivity contribution in [2.24, 2.45) is 14.1 Å². The molecule has 0 aliphatic carbocycles. The van der Waals surface area contributed by atoms with E-state index in [2.05, 4.69) is 10.6 Å². The molecule has 0 saturated heterocycles. The topological polar surface area (TPSA) is 116 Å². The maximum atomic E-state index is 12.2. The predicted molar refractivity (Wildman–Crippen MR) is 163 cm³/mol. The van der Waals surface area contributed by atoms with Gasteiger partial charge in [0.2, 0.25) is 0 Å². The summed E-state index contributed by atoms with van der Waals surface area (Å²) in [6.45, 7) is 3.79. The van der Waals surface area contributed by atoms with Crippen LogP contribution in [0.3, 0.4) is 0 Å². The minimum absolute atomic E-state index is 0.0745. The molecule has 222 valence electrons. The molecule has 4 rings (SSSR count). The van der Waals surface area contributed by atoms with Crippen LogP contribution in [0.5, 0.6) is 17.2 Å². The van der Waals surface area contributed by atoms with Gasteiger partial charge in [-0.3, -0.25) is 13.9 Å². The number of rotatable bonds is 15. The maximum Gasteiger partial charge on any atom is 0.332 e. The van der Waals surface area contributed by atoms with Crippen LogP contribution in [-0.2, 0) is 27.3 Å². The highest BCUT2D eigenvalue weighted by molar-refractivity contribution is 5.46. The van der Waals surface area contributed by atoms with Crippen LogP contribution in [0.25, 0.3) is 0 Å². The van der Waals surface area contributed by atoms with E-state index < -0.39 is 11.8 Å². The Morgan fingerprint density at radius 2 is 1.40 bits per heavy atom. The Balaban J connectivity index is 1.28. The van der Waals surface area contributed by atoms with Gasteiger partial charge in [-0.15, -0.1) is 0 Å². The van der Waals surface area contributed by atoms with Crippen molar-refractivity contribution in [1.29, 1.82) is 0 Å². The van der Waals surface area contributed by atoms with E-state index in [0.717, 1.165) is 15.7 Å². The van der Waals surface area contributed by atoms with Crippen LogP contribution in [0.1, 0.15) is 16.7 Å². The Labute approximate surface area is 245 Å². The lowest BCUT2D eigenvalue weighted by Crippen LogP contribution is -2.40. The van der Waals surface area contributed by atoms with Gasteiger partial charge in [0.05, 0.1) is 5.56 Å². The first-order valence-electron chi connectivity index (χ1n) is 13.8. The molecule has 0 bridgehead atoms. The van der Waals surface area contributed by atoms with Gasteiger partial charge in [0.1, 0.15) is 37.5 Å². The molecule has 0 amide bonds. The van der Waals surface area contributed by atoms with Gasteiger partial charge < -0.3 is 30.0 Å². The van der Waals surface area contributed by atoms with Crippen molar-refractivity contribution < 1.29 is 19.3 Å². The van der Waals surface area contributed by atoms with Crippen molar-refractivity contribution in [3.05, 3.63) is 116 Å². The fourth-order valence-corrected chi connectivity index (χ4v) is 4.33. The average Bonchev–Trinajstić information content (AvgIpc) is 3.02. The van der Waals surface area contributed by atoms with Gasteiger partial charge in [-0.05, 0) is 30.2 Å². The van der Waals surface area contributed by atoms with E-state index in [9.17, 15) is 14.7 Å². The highest BCUT2D eigenvalue weighted by Gasteiger charge is 2.13. The molecule has 1 atom stereocenters. The number of benzene rings is 3. The van der Waals surface area contributed by atoms with Crippen LogP contribution < -0.4 is 36.1 Å². The fraction of sp³-hybridized carbons (Fsp3) is 0.312. The zero-order valence-electron chi connectivity index (χ0n) is 24.2. The van der Waals surface area contributed by atoms with Crippen molar-refractivity contribution in [2.45, 2.75) is 26.2 Å². The molecule has 3 aromatic carbocycles. The van der Waals surface area contributed by atoms with E-state index >= 15 is 0 Å². The molecule has 0 fully saturated rings. The fourth-order valence-electron chi connectivity index (χ4n) is 4.33. The van der Waals surface area contributed by atoms with E-state index in [0.29, 0.717) is 61.5 Å². The molecule has 1 unspecified atom stereocenters. The average molecular weight is 575 g/mol. The monoisotopic (exact) mass is 574 g/mol. The van der Waals surface area contributed by atoms with Gasteiger partial charge in [0.25, 0.3) is 5.56 Å². The van der Waals surface area contributed by atoms with Gasteiger partial charge in [-0.25, -0.2) is 4.79 Å². The van der Waals surface area contributed by atoms with Crippen LogP contribution in [0.2, 0.25) is 0 Å². The van der Waals surface area contributed by atoms with E-state index in [-0.39, 0.29) is 12.2 Å². The molecule has 10 heteroatoms. The number of aliphatic hydroxyl groups excluding tert-OH is 1. The van der Waals surface area contributed by atoms with E-state index in [4.69, 9.17) is 14.2 Å². The summed E-state index contributed by atoms with van der Waals surface area (Å²) >= 11 is 0. The molecule has 0 spiro atoms. The van der Waals surface area contributed by atoms with Crippen LogP contribution >= 0.6 is 0 Å². The number of anilines is 1. The number of hydrogen-bond donors (Lipinski definition) is 3. The number of aliphatic hydroxyl groups is 1. The Bertz CT molecular complexity index is 1520. The summed E-state index contributed by atoms with van der Waals surface area (Å²) < 4.78 is 20.5. The number of nitrogens with zero attached hydrogens (tertiary/aromatic N) is 2. The zero-order valence-corrected chi connectivity index (χ0v) is 24.2. The smallest absolute Gasteiger partial charge is 0.332 e. The van der Waals surface area contributed by atoms with Gasteiger partial charge >= 0.3 is 5.69 Å². The Kier molecular flexibility index (Phi) is 10.8. The lowest BCUT2D eigenvalue weighted by molar-refractivity contribution is 0.106. The first-order valence-corrected chi connectivity index (χ1v) is 13.8. The van der Waals surface area contributed by atoms with Crippen LogP contribution in [0, 0.1) is 6.92 Å². The lowest BCUT2D eigenvalue weighted by Gasteiger charge is -2.17. The molecule has 42 heavy (non-hydrogen) atoms. The normalized spacial score (nSPS) is 11.6. The zero-order chi connectivity index (χ0) is 29.9. The van der Waals surface area contributed by atoms with Crippen molar-refractivity contribution in [2.75, 3.05) is 31.6 Å². The molecule has 0 saturated carbocycles. The SMILES string of the molecule is Cc1c(NCCNCC(O)COc2ccc(OCc3ccccc3)c(OCc3ccccc3)c2)n(C)c(=O)n(C)c1=O. The predicted octanol–water partition coefficient (Wildman–Crippen LogP) is 2.99. The summed E-state index contributed by atoms with van der Waals surface area (Å²) in [5.74, 6) is 2.18. The number of ether oxygens (including phenoxy) is 3. The summed E-state index contributed by atoms with van der Waals surface area (Å²) in [6, 6.07) is 25.1. The summed E-state index contributed by atoms with van der Waals surface area (Å²) in [5, 5.41) is 16.7. The number of hydrogen-bond acceptors (Lipinski definition) is 8. The van der Waals surface area contributed by atoms with Gasteiger partial charge in [0.15, 0.2) is 11.5 Å². The van der Waals surface area contributed by atoms with E-state index in [1.165, 1.54) is 11.6 Å². The minimum Gasteiger partial charge on any atom is -0.491 e. The summed E-state index contributed by atoms with van der Waals surface area (Å²) in [4.78, 5) is 24.4. The third-order valence-electron chi connectivity index (χ3n) is 6.70. The van der Waals surface area contributed by atoms with Gasteiger partial charge in [0, 0.05) is 39.8 Å². The van der Waals surface area contributed by atoms with Gasteiger partial charge in [-0.2, -0.15) is 0 Å². The van der Waals surface area contributed by atoms with Crippen LogP contribution in [0.15, 0.2) is 88.5 Å². The summed E-state index contributed by atoms with van der Waals surface area (Å²) in [6.07, 6.45) is -0.761. The minimum atomic E-state index is -0.761. The molecular weight excluding hydrogens is 536 g/mol. The molecule has 0 aliphatic rings. The molecule has 1 heterocycles. The first-order chi connectivity index (χ1) is 20.3. The molecular formula is C32H38N4O6. The second kappa shape index (κ2) is 14.9. The van der Waals surface area contributed by atoms with Crippen molar-refractivity contribution in [1.82, 2.24) is 14.5 Å². The first kappa shape index (κ1) is 30.4. The Hall–Kier alpha value is -4.54. The summed E-state index contributed by atoms with van der Waals surface area (Å²) in [7, 11) is 3.07. The highest BCUT2D eigenvalue weighted by Crippen LogP contribution is 2.33. The molecule has 3 N–H and O–H groups in total. The van der Waals surface area contributed by atoms with E-state index in [1.807, 2.05) is 60.7 Å². The second-order valence-corrected chi connectivity index (χ2v) is 9.93. The van der Waals surface area contributed by atoms with Crippen molar-refractivity contribution >= 4 is 5.82 Å². The Morgan fingerprint density at radius 3 is 2.05 bits per heavy atom. The number of aromatic nitrogens is 2. The quantitative estimate of drug-likeness (QED) is 0.186.